The van der Waals surface area contributed by atoms with Gasteiger partial charge in [-0.1, -0.05) is 5.64 Å². The molecule has 4 rings (SSSR count). The van der Waals surface area contributed by atoms with E-state index in [1.807, 2.05) is 5.59 Å². The molecule has 0 saturated heterocycles. The Bertz CT molecular complexity index is 263. The van der Waals surface area contributed by atoms with E-state index >= 15 is 0 Å². The third kappa shape index (κ3) is 2.53. The van der Waals surface area contributed by atoms with Crippen LogP contribution in [0.25, 0.3) is 0 Å². The Morgan fingerprint density at radius 2 is 1.67 bits per heavy atom. The summed E-state index contributed by atoms with van der Waals surface area (Å²) in [5.41, 5.74) is 4.23. The normalized spacial score (nSPS) is 41.8. The summed E-state index contributed by atoms with van der Waals surface area (Å²) in [5.74, 6) is 3.04. The molecular formula is C11H20N3O4-. The fourth-order valence-corrected chi connectivity index (χ4v) is 4.27. The summed E-state index contributed by atoms with van der Waals surface area (Å²) in [6.07, 6.45) is 6.63. The molecule has 4 aliphatic rings. The first-order valence-electron chi connectivity index (χ1n) is 6.59. The zero-order valence-electron chi connectivity index (χ0n) is 10.5. The molecular weight excluding hydrogens is 238 g/mol. The maximum Gasteiger partial charge on any atom is 0.0874 e. The second kappa shape index (κ2) is 5.38. The van der Waals surface area contributed by atoms with Crippen LogP contribution in [0.5, 0.6) is 0 Å². The van der Waals surface area contributed by atoms with Crippen molar-refractivity contribution >= 4 is 0 Å². The maximum atomic E-state index is 10.9. The highest BCUT2D eigenvalue weighted by Gasteiger charge is 2.49. The zero-order valence-corrected chi connectivity index (χ0v) is 10.5. The molecule has 7 heteroatoms. The molecule has 4 fully saturated rings. The Hall–Kier alpha value is -0.280. The van der Waals surface area contributed by atoms with Gasteiger partial charge < -0.3 is 5.21 Å². The standard InChI is InChI=1S/C11H20N3O4/c1-16-12-14(15)18-13-17-11-9-3-7-2-8(5-9)6-10(11)4-7/h7-13H,2-6H2,1H3/q-1. The van der Waals surface area contributed by atoms with Crippen LogP contribution < -0.4 is 11.2 Å². The Labute approximate surface area is 106 Å². The van der Waals surface area contributed by atoms with Gasteiger partial charge in [-0.3, -0.25) is 9.68 Å². The molecule has 0 amide bonds. The minimum atomic E-state index is 0.0656. The minimum Gasteiger partial charge on any atom is -0.745 e. The van der Waals surface area contributed by atoms with E-state index in [1.165, 1.54) is 39.2 Å². The van der Waals surface area contributed by atoms with Crippen LogP contribution in [0.4, 0.5) is 0 Å². The second-order valence-corrected chi connectivity index (χ2v) is 5.74. The van der Waals surface area contributed by atoms with Crippen LogP contribution in [0.1, 0.15) is 32.1 Å². The van der Waals surface area contributed by atoms with E-state index < -0.39 is 0 Å². The van der Waals surface area contributed by atoms with Crippen LogP contribution in [-0.2, 0) is 14.6 Å². The minimum absolute atomic E-state index is 0.0656. The molecule has 7 nitrogen and oxygen atoms in total. The number of nitrogens with zero attached hydrogens (tertiary/aromatic N) is 1. The smallest absolute Gasteiger partial charge is 0.0874 e. The topological polar surface area (TPSA) is 78.1 Å². The van der Waals surface area contributed by atoms with Gasteiger partial charge >= 0.3 is 0 Å². The van der Waals surface area contributed by atoms with Gasteiger partial charge in [-0.2, -0.15) is 4.94 Å². The monoisotopic (exact) mass is 258 g/mol. The van der Waals surface area contributed by atoms with Crippen LogP contribution >= 0.6 is 0 Å². The first kappa shape index (κ1) is 12.7. The lowest BCUT2D eigenvalue weighted by atomic mass is 9.55. The lowest BCUT2D eigenvalue weighted by molar-refractivity contribution is -0.358. The fourth-order valence-electron chi connectivity index (χ4n) is 4.27. The number of hydrogen-bond acceptors (Lipinski definition) is 7. The van der Waals surface area contributed by atoms with Crippen LogP contribution in [0.2, 0.25) is 0 Å². The molecule has 0 aliphatic heterocycles. The van der Waals surface area contributed by atoms with Gasteiger partial charge in [0.1, 0.15) is 0 Å². The van der Waals surface area contributed by atoms with Gasteiger partial charge in [-0.15, -0.1) is 10.9 Å². The summed E-state index contributed by atoms with van der Waals surface area (Å²) < 4.78 is 0. The van der Waals surface area contributed by atoms with Gasteiger partial charge in [-0.05, 0) is 55.8 Å². The Morgan fingerprint density at radius 3 is 2.22 bits per heavy atom. The molecule has 0 aromatic rings. The van der Waals surface area contributed by atoms with Gasteiger partial charge in [0.25, 0.3) is 0 Å². The average molecular weight is 258 g/mol. The summed E-state index contributed by atoms with van der Waals surface area (Å²) in [6.45, 7) is 0. The summed E-state index contributed by atoms with van der Waals surface area (Å²) in [7, 11) is 1.33. The van der Waals surface area contributed by atoms with E-state index in [0.29, 0.717) is 11.8 Å². The summed E-state index contributed by atoms with van der Waals surface area (Å²) >= 11 is 0. The zero-order chi connectivity index (χ0) is 12.5. The summed E-state index contributed by atoms with van der Waals surface area (Å²) in [6, 6.07) is 0. The molecule has 0 unspecified atom stereocenters. The van der Waals surface area contributed by atoms with E-state index in [4.69, 9.17) is 4.84 Å². The highest BCUT2D eigenvalue weighted by molar-refractivity contribution is 4.98. The number of rotatable bonds is 6. The average Bonchev–Trinajstić information content (AvgIpc) is 2.32. The maximum absolute atomic E-state index is 10.9. The van der Waals surface area contributed by atoms with Gasteiger partial charge in [0.05, 0.1) is 13.2 Å². The van der Waals surface area contributed by atoms with Crippen LogP contribution in [0, 0.1) is 28.9 Å². The van der Waals surface area contributed by atoms with Crippen LogP contribution in [0.15, 0.2) is 0 Å². The molecule has 0 atom stereocenters. The molecule has 4 saturated carbocycles. The molecule has 0 aromatic carbocycles. The van der Waals surface area contributed by atoms with E-state index in [9.17, 15) is 5.21 Å². The second-order valence-electron chi connectivity index (χ2n) is 5.74. The molecule has 4 bridgehead atoms. The molecule has 4 aliphatic carbocycles. The SMILES string of the molecule is CONN([O-])ONOC1C2CC3CC(C2)CC1C3. The Balaban J connectivity index is 1.46. The van der Waals surface area contributed by atoms with Crippen molar-refractivity contribution in [1.82, 2.24) is 16.6 Å². The third-order valence-corrected chi connectivity index (χ3v) is 4.61. The largest absolute Gasteiger partial charge is 0.745 e. The van der Waals surface area contributed by atoms with Crippen LogP contribution in [0.3, 0.4) is 0 Å². The molecule has 2 N–H and O–H groups in total. The summed E-state index contributed by atoms with van der Waals surface area (Å²) in [5, 5.41) is 11.0. The quantitative estimate of drug-likeness (QED) is 0.689. The number of hydrazine groups is 1. The molecule has 0 spiro atoms. The lowest BCUT2D eigenvalue weighted by Gasteiger charge is -2.53. The Kier molecular flexibility index (Phi) is 3.81. The van der Waals surface area contributed by atoms with Crippen molar-refractivity contribution in [2.45, 2.75) is 38.2 Å². The highest BCUT2D eigenvalue weighted by Crippen LogP contribution is 2.54. The van der Waals surface area contributed by atoms with E-state index in [0.717, 1.165) is 11.8 Å². The first-order valence-corrected chi connectivity index (χ1v) is 6.59. The first-order chi connectivity index (χ1) is 8.76. The molecule has 0 radical (unpaired) electrons. The van der Waals surface area contributed by atoms with Crippen molar-refractivity contribution in [3.05, 3.63) is 5.21 Å². The predicted octanol–water partition coefficient (Wildman–Crippen LogP) is 1.04. The van der Waals surface area contributed by atoms with Gasteiger partial charge in [-0.25, -0.2) is 0 Å². The van der Waals surface area contributed by atoms with Crippen molar-refractivity contribution < 1.29 is 14.6 Å². The van der Waals surface area contributed by atoms with Gasteiger partial charge in [0.15, 0.2) is 0 Å². The van der Waals surface area contributed by atoms with Crippen molar-refractivity contribution in [2.75, 3.05) is 7.11 Å². The van der Waals surface area contributed by atoms with Crippen molar-refractivity contribution in [2.24, 2.45) is 23.7 Å². The highest BCUT2D eigenvalue weighted by atomic mass is 17.1. The molecule has 0 heterocycles. The molecule has 18 heavy (non-hydrogen) atoms. The number of hydrogen-bond donors (Lipinski definition) is 2. The van der Waals surface area contributed by atoms with Gasteiger partial charge in [0, 0.05) is 0 Å². The van der Waals surface area contributed by atoms with Gasteiger partial charge in [0.2, 0.25) is 0 Å². The molecule has 0 aromatic heterocycles. The summed E-state index contributed by atoms with van der Waals surface area (Å²) in [4.78, 5) is 14.5. The molecule has 104 valence electrons. The van der Waals surface area contributed by atoms with Crippen LogP contribution in [-0.4, -0.2) is 18.5 Å². The fraction of sp³-hybridized carbons (Fsp3) is 1.00. The van der Waals surface area contributed by atoms with E-state index in [1.54, 1.807) is 0 Å². The van der Waals surface area contributed by atoms with Crippen molar-refractivity contribution in [1.29, 1.82) is 0 Å². The lowest BCUT2D eigenvalue weighted by Crippen LogP contribution is -2.51. The Morgan fingerprint density at radius 1 is 1.06 bits per heavy atom. The van der Waals surface area contributed by atoms with Crippen molar-refractivity contribution in [3.63, 3.8) is 0 Å². The predicted molar refractivity (Wildman–Crippen MR) is 61.5 cm³/mol. The van der Waals surface area contributed by atoms with E-state index in [-0.39, 0.29) is 11.4 Å². The number of nitrogens with one attached hydrogen (secondary N) is 2. The van der Waals surface area contributed by atoms with E-state index in [2.05, 4.69) is 15.4 Å². The van der Waals surface area contributed by atoms with Crippen molar-refractivity contribution in [3.8, 4) is 0 Å². The third-order valence-electron chi connectivity index (χ3n) is 4.61.